The van der Waals surface area contributed by atoms with Gasteiger partial charge in [0.05, 0.1) is 5.21 Å². The van der Waals surface area contributed by atoms with Crippen LogP contribution in [0.25, 0.3) is 0 Å². The summed E-state index contributed by atoms with van der Waals surface area (Å²) in [5.74, 6) is 0. The highest BCUT2D eigenvalue weighted by molar-refractivity contribution is 4.87. The standard InChI is InChI=1S/C16H32N3O/c1-3-5-6-7-8-9-10-11-13-18-14-16(15-20)19(17-18)12-4-2/h14,20H,3-13,15H2,1-2H3/q+1. The highest BCUT2D eigenvalue weighted by Crippen LogP contribution is 2.08. The average Bonchev–Trinajstić information content (AvgIpc) is 2.84. The van der Waals surface area contributed by atoms with Crippen molar-refractivity contribution in [1.29, 1.82) is 0 Å². The predicted molar refractivity (Wildman–Crippen MR) is 81.2 cm³/mol. The first kappa shape index (κ1) is 17.2. The summed E-state index contributed by atoms with van der Waals surface area (Å²) in [7, 11) is 0. The predicted octanol–water partition coefficient (Wildman–Crippen LogP) is 3.21. The van der Waals surface area contributed by atoms with E-state index in [1.54, 1.807) is 0 Å². The van der Waals surface area contributed by atoms with Crippen LogP contribution in [0.4, 0.5) is 0 Å². The van der Waals surface area contributed by atoms with Gasteiger partial charge in [-0.15, -0.1) is 9.36 Å². The lowest BCUT2D eigenvalue weighted by molar-refractivity contribution is -0.755. The van der Waals surface area contributed by atoms with Crippen molar-refractivity contribution in [3.63, 3.8) is 0 Å². The van der Waals surface area contributed by atoms with Gasteiger partial charge in [-0.05, 0) is 19.3 Å². The minimum atomic E-state index is 0.0808. The van der Waals surface area contributed by atoms with Crippen LogP contribution in [0.2, 0.25) is 0 Å². The van der Waals surface area contributed by atoms with Crippen LogP contribution in [-0.4, -0.2) is 15.0 Å². The molecule has 0 fully saturated rings. The van der Waals surface area contributed by atoms with Gasteiger partial charge in [0.1, 0.15) is 19.7 Å². The van der Waals surface area contributed by atoms with Crippen LogP contribution in [0.3, 0.4) is 0 Å². The Labute approximate surface area is 123 Å². The lowest BCUT2D eigenvalue weighted by Crippen LogP contribution is -2.36. The van der Waals surface area contributed by atoms with Gasteiger partial charge in [-0.1, -0.05) is 52.4 Å². The van der Waals surface area contributed by atoms with Crippen LogP contribution in [0.5, 0.6) is 0 Å². The van der Waals surface area contributed by atoms with Crippen LogP contribution >= 0.6 is 0 Å². The van der Waals surface area contributed by atoms with Gasteiger partial charge in [-0.2, -0.15) is 0 Å². The van der Waals surface area contributed by atoms with Gasteiger partial charge in [0.15, 0.2) is 11.9 Å². The molecular weight excluding hydrogens is 250 g/mol. The van der Waals surface area contributed by atoms with E-state index in [1.165, 1.54) is 51.4 Å². The highest BCUT2D eigenvalue weighted by atomic mass is 16.3. The van der Waals surface area contributed by atoms with Gasteiger partial charge in [0, 0.05) is 0 Å². The Hall–Kier alpha value is -0.900. The lowest BCUT2D eigenvalue weighted by atomic mass is 10.1. The Balaban J connectivity index is 2.15. The van der Waals surface area contributed by atoms with Gasteiger partial charge < -0.3 is 5.11 Å². The monoisotopic (exact) mass is 282 g/mol. The second-order valence-corrected chi connectivity index (χ2v) is 5.63. The molecule has 20 heavy (non-hydrogen) atoms. The molecule has 0 spiro atoms. The molecule has 0 saturated heterocycles. The van der Waals surface area contributed by atoms with Gasteiger partial charge in [0.2, 0.25) is 0 Å². The number of nitrogens with zero attached hydrogens (tertiary/aromatic N) is 3. The molecule has 0 atom stereocenters. The maximum absolute atomic E-state index is 9.30. The average molecular weight is 282 g/mol. The fourth-order valence-electron chi connectivity index (χ4n) is 2.50. The lowest BCUT2D eigenvalue weighted by Gasteiger charge is -1.99. The van der Waals surface area contributed by atoms with E-state index in [0.29, 0.717) is 0 Å². The normalized spacial score (nSPS) is 11.2. The highest BCUT2D eigenvalue weighted by Gasteiger charge is 2.13. The third-order valence-corrected chi connectivity index (χ3v) is 3.69. The van der Waals surface area contributed by atoms with Crippen molar-refractivity contribution in [3.8, 4) is 0 Å². The van der Waals surface area contributed by atoms with Gasteiger partial charge in [-0.3, -0.25) is 0 Å². The zero-order valence-corrected chi connectivity index (χ0v) is 13.4. The Bertz CT molecular complexity index is 349. The summed E-state index contributed by atoms with van der Waals surface area (Å²) >= 11 is 0. The van der Waals surface area contributed by atoms with E-state index in [1.807, 2.05) is 15.6 Å². The van der Waals surface area contributed by atoms with Gasteiger partial charge in [-0.25, -0.2) is 0 Å². The van der Waals surface area contributed by atoms with Crippen LogP contribution < -0.4 is 4.68 Å². The zero-order chi connectivity index (χ0) is 14.6. The number of hydrogen-bond donors (Lipinski definition) is 1. The van der Waals surface area contributed by atoms with Crippen molar-refractivity contribution in [2.24, 2.45) is 0 Å². The largest absolute Gasteiger partial charge is 0.388 e. The SMILES string of the molecule is CCCCCCCCCC[n+]1cc(CO)n(CCC)n1. The van der Waals surface area contributed by atoms with E-state index < -0.39 is 0 Å². The fourth-order valence-corrected chi connectivity index (χ4v) is 2.50. The molecule has 0 aliphatic heterocycles. The summed E-state index contributed by atoms with van der Waals surface area (Å²) in [6, 6.07) is 0. The fraction of sp³-hybridized carbons (Fsp3) is 0.875. The van der Waals surface area contributed by atoms with Crippen LogP contribution in [-0.2, 0) is 19.7 Å². The third kappa shape index (κ3) is 6.51. The van der Waals surface area contributed by atoms with Crippen LogP contribution in [0, 0.1) is 0 Å². The second kappa shape index (κ2) is 10.8. The molecule has 0 unspecified atom stereocenters. The molecule has 1 N–H and O–H groups in total. The zero-order valence-electron chi connectivity index (χ0n) is 13.4. The van der Waals surface area contributed by atoms with E-state index in [4.69, 9.17) is 0 Å². The Morgan fingerprint density at radius 2 is 1.65 bits per heavy atom. The van der Waals surface area contributed by atoms with Crippen LogP contribution in [0.1, 0.15) is 77.3 Å². The van der Waals surface area contributed by atoms with E-state index in [2.05, 4.69) is 19.1 Å². The Morgan fingerprint density at radius 1 is 1.00 bits per heavy atom. The van der Waals surface area contributed by atoms with Gasteiger partial charge >= 0.3 is 0 Å². The summed E-state index contributed by atoms with van der Waals surface area (Å²) in [4.78, 5) is 0. The minimum absolute atomic E-state index is 0.0808. The Morgan fingerprint density at radius 3 is 2.25 bits per heavy atom. The summed E-state index contributed by atoms with van der Waals surface area (Å²) in [5.41, 5.74) is 0.923. The molecule has 0 amide bonds. The smallest absolute Gasteiger partial charge is 0.192 e. The molecule has 4 nitrogen and oxygen atoms in total. The molecule has 116 valence electrons. The maximum atomic E-state index is 9.30. The molecule has 0 radical (unpaired) electrons. The number of unbranched alkanes of at least 4 members (excludes halogenated alkanes) is 7. The summed E-state index contributed by atoms with van der Waals surface area (Å²) in [6.07, 6.45) is 13.7. The van der Waals surface area contributed by atoms with E-state index in [-0.39, 0.29) is 6.61 Å². The quantitative estimate of drug-likeness (QED) is 0.472. The van der Waals surface area contributed by atoms with Crippen LogP contribution in [0.15, 0.2) is 6.20 Å². The van der Waals surface area contributed by atoms with Crippen molar-refractivity contribution in [1.82, 2.24) is 9.90 Å². The molecule has 1 rings (SSSR count). The second-order valence-electron chi connectivity index (χ2n) is 5.63. The molecule has 0 aromatic carbocycles. The summed E-state index contributed by atoms with van der Waals surface area (Å²) < 4.78 is 3.91. The topological polar surface area (TPSA) is 41.9 Å². The molecule has 1 aromatic heterocycles. The van der Waals surface area contributed by atoms with Crippen molar-refractivity contribution < 1.29 is 9.79 Å². The number of hydrogen-bond acceptors (Lipinski definition) is 2. The molecule has 0 saturated carbocycles. The summed E-state index contributed by atoms with van der Waals surface area (Å²) in [6.45, 7) is 6.33. The molecule has 0 aliphatic rings. The minimum Gasteiger partial charge on any atom is -0.388 e. The van der Waals surface area contributed by atoms with E-state index in [0.717, 1.165) is 25.2 Å². The molecule has 4 heteroatoms. The first-order valence-electron chi connectivity index (χ1n) is 8.39. The molecule has 1 heterocycles. The Kier molecular flexibility index (Phi) is 9.29. The molecule has 0 aliphatic carbocycles. The first-order chi connectivity index (χ1) is 9.81. The summed E-state index contributed by atoms with van der Waals surface area (Å²) in [5, 5.41) is 13.8. The van der Waals surface area contributed by atoms with Crippen molar-refractivity contribution in [3.05, 3.63) is 11.9 Å². The van der Waals surface area contributed by atoms with Crippen molar-refractivity contribution in [2.75, 3.05) is 0 Å². The number of aliphatic hydroxyl groups is 1. The van der Waals surface area contributed by atoms with E-state index in [9.17, 15) is 5.11 Å². The molecule has 0 bridgehead atoms. The van der Waals surface area contributed by atoms with Crippen molar-refractivity contribution in [2.45, 2.75) is 91.3 Å². The number of aliphatic hydroxyl groups excluding tert-OH is 1. The number of aryl methyl sites for hydroxylation is 2. The maximum Gasteiger partial charge on any atom is 0.192 e. The van der Waals surface area contributed by atoms with Gasteiger partial charge in [0.25, 0.3) is 0 Å². The third-order valence-electron chi connectivity index (χ3n) is 3.69. The van der Waals surface area contributed by atoms with Crippen molar-refractivity contribution >= 4 is 0 Å². The van der Waals surface area contributed by atoms with E-state index >= 15 is 0 Å². The molecular formula is C16H32N3O+. The number of rotatable bonds is 12. The molecule has 1 aromatic rings. The first-order valence-corrected chi connectivity index (χ1v) is 8.39. The number of aromatic nitrogens is 3.